The summed E-state index contributed by atoms with van der Waals surface area (Å²) in [6.07, 6.45) is 0.562. The molecule has 25 heavy (non-hydrogen) atoms. The third-order valence-corrected chi connectivity index (χ3v) is 4.14. The van der Waals surface area contributed by atoms with E-state index in [0.717, 1.165) is 11.3 Å². The van der Waals surface area contributed by atoms with E-state index in [0.29, 0.717) is 23.3 Å². The topological polar surface area (TPSA) is 124 Å². The molecule has 4 aromatic rings. The molecule has 0 radical (unpaired) electrons. The zero-order chi connectivity index (χ0) is 17.4. The summed E-state index contributed by atoms with van der Waals surface area (Å²) in [5, 5.41) is 10.3. The third kappa shape index (κ3) is 2.76. The van der Waals surface area contributed by atoms with Gasteiger partial charge in [-0.25, -0.2) is 9.97 Å². The molecule has 2 heterocycles. The van der Waals surface area contributed by atoms with E-state index in [4.69, 9.17) is 11.5 Å². The van der Waals surface area contributed by atoms with E-state index in [1.54, 1.807) is 0 Å². The first-order chi connectivity index (χ1) is 12.1. The van der Waals surface area contributed by atoms with Gasteiger partial charge in [0, 0.05) is 6.42 Å². The van der Waals surface area contributed by atoms with Crippen LogP contribution in [0.3, 0.4) is 0 Å². The Morgan fingerprint density at radius 3 is 2.72 bits per heavy atom. The van der Waals surface area contributed by atoms with Crippen LogP contribution in [0.25, 0.3) is 21.8 Å². The van der Waals surface area contributed by atoms with Gasteiger partial charge in [0.15, 0.2) is 5.65 Å². The molecule has 0 aliphatic carbocycles. The quantitative estimate of drug-likeness (QED) is 0.525. The summed E-state index contributed by atoms with van der Waals surface area (Å²) in [4.78, 5) is 19.5. The fourth-order valence-electron chi connectivity index (χ4n) is 3.06. The van der Waals surface area contributed by atoms with Crippen LogP contribution in [0.4, 0.5) is 5.82 Å². The summed E-state index contributed by atoms with van der Waals surface area (Å²) in [5.41, 5.74) is 13.7. The van der Waals surface area contributed by atoms with Crippen molar-refractivity contribution in [1.82, 2.24) is 20.2 Å². The molecule has 5 N–H and O–H groups in total. The maximum atomic E-state index is 11.1. The standard InChI is InChI=1S/C18H16N6O/c19-14(25)9-15-21-17(20)16-13(23-24-18(16)22-15)8-11-6-3-5-10-4-1-2-7-12(10)11/h1-7H,8-9H2,(H2,19,25)(H3,20,21,22,23,24). The Hall–Kier alpha value is -3.48. The van der Waals surface area contributed by atoms with Crippen LogP contribution >= 0.6 is 0 Å². The Balaban J connectivity index is 1.78. The van der Waals surface area contributed by atoms with E-state index in [2.05, 4.69) is 44.4 Å². The van der Waals surface area contributed by atoms with Gasteiger partial charge in [-0.1, -0.05) is 42.5 Å². The number of nitrogens with one attached hydrogen (secondary N) is 1. The van der Waals surface area contributed by atoms with Crippen molar-refractivity contribution in [1.29, 1.82) is 0 Å². The fraction of sp³-hybridized carbons (Fsp3) is 0.111. The van der Waals surface area contributed by atoms with Crippen LogP contribution < -0.4 is 11.5 Å². The molecule has 0 spiro atoms. The van der Waals surface area contributed by atoms with Gasteiger partial charge in [-0.2, -0.15) is 5.10 Å². The van der Waals surface area contributed by atoms with Gasteiger partial charge >= 0.3 is 0 Å². The third-order valence-electron chi connectivity index (χ3n) is 4.14. The predicted molar refractivity (Wildman–Crippen MR) is 95.7 cm³/mol. The lowest BCUT2D eigenvalue weighted by atomic mass is 10.00. The van der Waals surface area contributed by atoms with Gasteiger partial charge in [-0.3, -0.25) is 9.89 Å². The number of nitrogen functional groups attached to an aromatic ring is 1. The highest BCUT2D eigenvalue weighted by atomic mass is 16.1. The molecular weight excluding hydrogens is 316 g/mol. The van der Waals surface area contributed by atoms with Crippen LogP contribution in [-0.4, -0.2) is 26.1 Å². The number of carbonyl (C=O) groups is 1. The molecule has 0 aliphatic rings. The van der Waals surface area contributed by atoms with E-state index in [1.165, 1.54) is 10.8 Å². The normalized spacial score (nSPS) is 11.2. The molecule has 0 bridgehead atoms. The molecule has 0 fully saturated rings. The molecule has 0 unspecified atom stereocenters. The van der Waals surface area contributed by atoms with Crippen molar-refractivity contribution < 1.29 is 4.79 Å². The first-order valence-corrected chi connectivity index (χ1v) is 7.86. The summed E-state index contributed by atoms with van der Waals surface area (Å²) in [6.45, 7) is 0. The van der Waals surface area contributed by atoms with Crippen molar-refractivity contribution in [3.8, 4) is 0 Å². The van der Waals surface area contributed by atoms with Crippen LogP contribution in [0.5, 0.6) is 0 Å². The summed E-state index contributed by atoms with van der Waals surface area (Å²) < 4.78 is 0. The molecule has 1 amide bonds. The number of rotatable bonds is 4. The van der Waals surface area contributed by atoms with Crippen molar-refractivity contribution in [2.75, 3.05) is 5.73 Å². The fourth-order valence-corrected chi connectivity index (χ4v) is 3.06. The molecule has 0 saturated carbocycles. The molecule has 7 heteroatoms. The maximum Gasteiger partial charge on any atom is 0.225 e. The number of H-pyrrole nitrogens is 1. The number of hydrogen-bond acceptors (Lipinski definition) is 5. The second kappa shape index (κ2) is 5.86. The number of anilines is 1. The zero-order valence-corrected chi connectivity index (χ0v) is 13.4. The molecular formula is C18H16N6O. The zero-order valence-electron chi connectivity index (χ0n) is 13.4. The van der Waals surface area contributed by atoms with Gasteiger partial charge in [0.05, 0.1) is 17.5 Å². The van der Waals surface area contributed by atoms with E-state index in [9.17, 15) is 4.79 Å². The van der Waals surface area contributed by atoms with Crippen molar-refractivity contribution in [3.05, 3.63) is 59.5 Å². The highest BCUT2D eigenvalue weighted by Gasteiger charge is 2.15. The van der Waals surface area contributed by atoms with Crippen LogP contribution in [-0.2, 0) is 17.6 Å². The van der Waals surface area contributed by atoms with E-state index in [-0.39, 0.29) is 12.2 Å². The van der Waals surface area contributed by atoms with E-state index in [1.807, 2.05) is 18.2 Å². The largest absolute Gasteiger partial charge is 0.383 e. The summed E-state index contributed by atoms with van der Waals surface area (Å²) in [5.74, 6) is 0.0659. The molecule has 0 saturated heterocycles. The van der Waals surface area contributed by atoms with Crippen LogP contribution in [0.2, 0.25) is 0 Å². The first-order valence-electron chi connectivity index (χ1n) is 7.86. The number of fused-ring (bicyclic) bond motifs is 2. The number of amides is 1. The molecule has 7 nitrogen and oxygen atoms in total. The number of nitrogens with zero attached hydrogens (tertiary/aromatic N) is 3. The highest BCUT2D eigenvalue weighted by Crippen LogP contribution is 2.26. The SMILES string of the molecule is NC(=O)Cc1nc(N)c2c(Cc3cccc4ccccc34)[nH]nc2n1. The average molecular weight is 332 g/mol. The number of carbonyl (C=O) groups excluding carboxylic acids is 1. The minimum Gasteiger partial charge on any atom is -0.383 e. The molecule has 0 atom stereocenters. The number of benzene rings is 2. The first kappa shape index (κ1) is 15.1. The monoisotopic (exact) mass is 332 g/mol. The summed E-state index contributed by atoms with van der Waals surface area (Å²) in [6, 6.07) is 14.4. The molecule has 2 aromatic heterocycles. The number of primary amides is 1. The second-order valence-corrected chi connectivity index (χ2v) is 5.88. The lowest BCUT2D eigenvalue weighted by Crippen LogP contribution is -2.16. The number of aromatic amines is 1. The Labute approximate surface area is 143 Å². The van der Waals surface area contributed by atoms with Gasteiger partial charge in [0.1, 0.15) is 11.6 Å². The Morgan fingerprint density at radius 2 is 1.88 bits per heavy atom. The smallest absolute Gasteiger partial charge is 0.225 e. The predicted octanol–water partition coefficient (Wildman–Crippen LogP) is 1.71. The van der Waals surface area contributed by atoms with Crippen LogP contribution in [0.1, 0.15) is 17.1 Å². The number of hydrogen-bond donors (Lipinski definition) is 3. The Bertz CT molecular complexity index is 1100. The van der Waals surface area contributed by atoms with Crippen molar-refractivity contribution in [2.24, 2.45) is 5.73 Å². The van der Waals surface area contributed by atoms with Gasteiger partial charge in [-0.05, 0) is 16.3 Å². The number of aromatic nitrogens is 4. The minimum atomic E-state index is -0.509. The van der Waals surface area contributed by atoms with Crippen LogP contribution in [0, 0.1) is 0 Å². The highest BCUT2D eigenvalue weighted by molar-refractivity contribution is 5.90. The van der Waals surface area contributed by atoms with E-state index >= 15 is 0 Å². The van der Waals surface area contributed by atoms with Gasteiger partial charge in [0.2, 0.25) is 5.91 Å². The van der Waals surface area contributed by atoms with E-state index < -0.39 is 5.91 Å². The minimum absolute atomic E-state index is 0.0638. The summed E-state index contributed by atoms with van der Waals surface area (Å²) in [7, 11) is 0. The Kier molecular flexibility index (Phi) is 3.53. The molecule has 2 aromatic carbocycles. The maximum absolute atomic E-state index is 11.1. The summed E-state index contributed by atoms with van der Waals surface area (Å²) >= 11 is 0. The molecule has 0 aliphatic heterocycles. The Morgan fingerprint density at radius 1 is 1.08 bits per heavy atom. The molecule has 124 valence electrons. The van der Waals surface area contributed by atoms with Crippen molar-refractivity contribution >= 4 is 33.5 Å². The van der Waals surface area contributed by atoms with Gasteiger partial charge < -0.3 is 11.5 Å². The number of nitrogens with two attached hydrogens (primary N) is 2. The second-order valence-electron chi connectivity index (χ2n) is 5.88. The lowest BCUT2D eigenvalue weighted by Gasteiger charge is -2.06. The van der Waals surface area contributed by atoms with Gasteiger partial charge in [0.25, 0.3) is 0 Å². The average Bonchev–Trinajstić information content (AvgIpc) is 2.98. The van der Waals surface area contributed by atoms with Crippen molar-refractivity contribution in [3.63, 3.8) is 0 Å². The van der Waals surface area contributed by atoms with Crippen LogP contribution in [0.15, 0.2) is 42.5 Å². The van der Waals surface area contributed by atoms with Gasteiger partial charge in [-0.15, -0.1) is 0 Å². The van der Waals surface area contributed by atoms with Crippen molar-refractivity contribution in [2.45, 2.75) is 12.8 Å². The lowest BCUT2D eigenvalue weighted by molar-refractivity contribution is -0.117. The molecule has 4 rings (SSSR count).